The van der Waals surface area contributed by atoms with E-state index in [0.29, 0.717) is 4.83 Å². The molecule has 0 aliphatic carbocycles. The number of hydrogen-bond acceptors (Lipinski definition) is 1. The minimum absolute atomic E-state index is 0.169. The Hall–Kier alpha value is -0.570. The molecule has 17 heavy (non-hydrogen) atoms. The number of alkyl halides is 1. The molecule has 2 unspecified atom stereocenters. The summed E-state index contributed by atoms with van der Waals surface area (Å²) >= 11 is 3.68. The van der Waals surface area contributed by atoms with Crippen LogP contribution in [-0.4, -0.2) is 10.9 Å². The first kappa shape index (κ1) is 12.9. The molecular formula is C14H18BrFO. The number of rotatable bonds is 5. The maximum Gasteiger partial charge on any atom is 0.123 e. The van der Waals surface area contributed by atoms with E-state index in [2.05, 4.69) is 22.9 Å². The van der Waals surface area contributed by atoms with Gasteiger partial charge in [0.2, 0.25) is 0 Å². The Kier molecular flexibility index (Phi) is 4.43. The van der Waals surface area contributed by atoms with Crippen molar-refractivity contribution in [1.29, 1.82) is 0 Å². The van der Waals surface area contributed by atoms with E-state index >= 15 is 0 Å². The zero-order valence-corrected chi connectivity index (χ0v) is 11.7. The topological polar surface area (TPSA) is 9.23 Å². The van der Waals surface area contributed by atoms with Crippen molar-refractivity contribution in [1.82, 2.24) is 0 Å². The molecule has 0 N–H and O–H groups in total. The molecule has 0 spiro atoms. The van der Waals surface area contributed by atoms with E-state index in [-0.39, 0.29) is 11.9 Å². The highest BCUT2D eigenvalue weighted by Gasteiger charge is 2.23. The van der Waals surface area contributed by atoms with Crippen molar-refractivity contribution in [2.45, 2.75) is 50.0 Å². The summed E-state index contributed by atoms with van der Waals surface area (Å²) in [5.41, 5.74) is 1.01. The Morgan fingerprint density at radius 3 is 3.06 bits per heavy atom. The van der Waals surface area contributed by atoms with E-state index in [1.165, 1.54) is 18.9 Å². The van der Waals surface area contributed by atoms with Crippen molar-refractivity contribution in [3.63, 3.8) is 0 Å². The quantitative estimate of drug-likeness (QED) is 0.729. The summed E-state index contributed by atoms with van der Waals surface area (Å²) in [5, 5.41) is 0. The number of fused-ring (bicyclic) bond motifs is 1. The molecule has 1 aromatic carbocycles. The molecule has 2 rings (SSSR count). The van der Waals surface area contributed by atoms with Gasteiger partial charge >= 0.3 is 0 Å². The fraction of sp³-hybridized carbons (Fsp3) is 0.571. The molecule has 94 valence electrons. The molecule has 0 amide bonds. The number of benzene rings is 1. The Balaban J connectivity index is 1.84. The SMILES string of the molecule is CCCC(Br)CCC1Cc2cc(F)ccc2O1. The van der Waals surface area contributed by atoms with Gasteiger partial charge in [0.15, 0.2) is 0 Å². The van der Waals surface area contributed by atoms with E-state index in [0.717, 1.165) is 30.6 Å². The lowest BCUT2D eigenvalue weighted by Gasteiger charge is -2.13. The van der Waals surface area contributed by atoms with E-state index in [1.807, 2.05) is 0 Å². The Morgan fingerprint density at radius 1 is 1.47 bits per heavy atom. The molecular weight excluding hydrogens is 283 g/mol. The molecule has 0 fully saturated rings. The summed E-state index contributed by atoms with van der Waals surface area (Å²) in [5.74, 6) is 0.690. The highest BCUT2D eigenvalue weighted by Crippen LogP contribution is 2.31. The summed E-state index contributed by atoms with van der Waals surface area (Å²) < 4.78 is 18.8. The highest BCUT2D eigenvalue weighted by atomic mass is 79.9. The molecule has 0 saturated heterocycles. The molecule has 1 nitrogen and oxygen atoms in total. The van der Waals surface area contributed by atoms with Crippen LogP contribution >= 0.6 is 15.9 Å². The van der Waals surface area contributed by atoms with Gasteiger partial charge in [0.05, 0.1) is 0 Å². The van der Waals surface area contributed by atoms with Gasteiger partial charge < -0.3 is 4.74 Å². The molecule has 1 aliphatic rings. The highest BCUT2D eigenvalue weighted by molar-refractivity contribution is 9.09. The summed E-state index contributed by atoms with van der Waals surface area (Å²) in [6.45, 7) is 2.19. The van der Waals surface area contributed by atoms with Crippen LogP contribution in [-0.2, 0) is 6.42 Å². The second kappa shape index (κ2) is 5.85. The predicted octanol–water partition coefficient (Wildman–Crippen LogP) is 4.47. The monoisotopic (exact) mass is 300 g/mol. The third kappa shape index (κ3) is 3.44. The van der Waals surface area contributed by atoms with Gasteiger partial charge in [-0.3, -0.25) is 0 Å². The molecule has 2 atom stereocenters. The number of ether oxygens (including phenoxy) is 1. The van der Waals surface area contributed by atoms with Gasteiger partial charge in [-0.2, -0.15) is 0 Å². The molecule has 0 bridgehead atoms. The first-order chi connectivity index (χ1) is 8.19. The molecule has 0 saturated carbocycles. The van der Waals surface area contributed by atoms with Crippen LogP contribution in [0, 0.1) is 5.82 Å². The number of halogens is 2. The lowest BCUT2D eigenvalue weighted by molar-refractivity contribution is 0.217. The van der Waals surface area contributed by atoms with Crippen LogP contribution < -0.4 is 4.74 Å². The molecule has 0 aromatic heterocycles. The van der Waals surface area contributed by atoms with Crippen LogP contribution in [0.4, 0.5) is 4.39 Å². The van der Waals surface area contributed by atoms with E-state index in [1.54, 1.807) is 12.1 Å². The van der Waals surface area contributed by atoms with Crippen LogP contribution in [0.25, 0.3) is 0 Å². The predicted molar refractivity (Wildman–Crippen MR) is 71.4 cm³/mol. The molecule has 1 heterocycles. The third-order valence-corrected chi connectivity index (χ3v) is 4.08. The minimum atomic E-state index is -0.169. The van der Waals surface area contributed by atoms with Crippen molar-refractivity contribution in [2.75, 3.05) is 0 Å². The normalized spacial score (nSPS) is 19.8. The summed E-state index contributed by atoms with van der Waals surface area (Å²) in [4.78, 5) is 0.580. The van der Waals surface area contributed by atoms with E-state index in [9.17, 15) is 4.39 Å². The molecule has 0 radical (unpaired) electrons. The van der Waals surface area contributed by atoms with Crippen molar-refractivity contribution < 1.29 is 9.13 Å². The fourth-order valence-corrected chi connectivity index (χ4v) is 3.00. The summed E-state index contributed by atoms with van der Waals surface area (Å²) in [7, 11) is 0. The maximum absolute atomic E-state index is 13.0. The average Bonchev–Trinajstić information content (AvgIpc) is 2.68. The van der Waals surface area contributed by atoms with Crippen molar-refractivity contribution in [2.24, 2.45) is 0 Å². The van der Waals surface area contributed by atoms with Crippen molar-refractivity contribution in [3.05, 3.63) is 29.6 Å². The first-order valence-electron chi connectivity index (χ1n) is 6.28. The van der Waals surface area contributed by atoms with E-state index < -0.39 is 0 Å². The summed E-state index contributed by atoms with van der Waals surface area (Å²) in [6, 6.07) is 4.79. The second-order valence-electron chi connectivity index (χ2n) is 4.66. The van der Waals surface area contributed by atoms with Gasteiger partial charge in [-0.15, -0.1) is 0 Å². The Labute approximate surface area is 110 Å². The summed E-state index contributed by atoms with van der Waals surface area (Å²) in [6.07, 6.45) is 5.63. The van der Waals surface area contributed by atoms with Gasteiger partial charge in [-0.1, -0.05) is 29.3 Å². The Bertz CT molecular complexity index is 380. The van der Waals surface area contributed by atoms with E-state index in [4.69, 9.17) is 4.74 Å². The second-order valence-corrected chi connectivity index (χ2v) is 5.95. The van der Waals surface area contributed by atoms with Gasteiger partial charge in [-0.25, -0.2) is 4.39 Å². The van der Waals surface area contributed by atoms with Crippen LogP contribution in [0.5, 0.6) is 5.75 Å². The Morgan fingerprint density at radius 2 is 2.29 bits per heavy atom. The molecule has 1 aliphatic heterocycles. The van der Waals surface area contributed by atoms with Crippen molar-refractivity contribution in [3.8, 4) is 5.75 Å². The molecule has 3 heteroatoms. The van der Waals surface area contributed by atoms with Gasteiger partial charge in [-0.05, 0) is 37.5 Å². The lowest BCUT2D eigenvalue weighted by atomic mass is 10.0. The van der Waals surface area contributed by atoms with Crippen LogP contribution in [0.15, 0.2) is 18.2 Å². The van der Waals surface area contributed by atoms with Gasteiger partial charge in [0, 0.05) is 16.8 Å². The van der Waals surface area contributed by atoms with Crippen LogP contribution in [0.3, 0.4) is 0 Å². The van der Waals surface area contributed by atoms with Crippen molar-refractivity contribution >= 4 is 15.9 Å². The van der Waals surface area contributed by atoms with Crippen LogP contribution in [0.1, 0.15) is 38.2 Å². The fourth-order valence-electron chi connectivity index (χ4n) is 2.27. The third-order valence-electron chi connectivity index (χ3n) is 3.17. The lowest BCUT2D eigenvalue weighted by Crippen LogP contribution is -2.14. The van der Waals surface area contributed by atoms with Gasteiger partial charge in [0.25, 0.3) is 0 Å². The maximum atomic E-state index is 13.0. The largest absolute Gasteiger partial charge is 0.490 e. The minimum Gasteiger partial charge on any atom is -0.490 e. The number of hydrogen-bond donors (Lipinski definition) is 0. The standard InChI is InChI=1S/C14H18BrFO/c1-2-3-11(15)4-6-13-9-10-8-12(16)5-7-14(10)17-13/h5,7-8,11,13H,2-4,6,9H2,1H3. The zero-order valence-electron chi connectivity index (χ0n) is 10.1. The smallest absolute Gasteiger partial charge is 0.123 e. The molecule has 1 aromatic rings. The average molecular weight is 301 g/mol. The van der Waals surface area contributed by atoms with Gasteiger partial charge in [0.1, 0.15) is 17.7 Å². The zero-order chi connectivity index (χ0) is 12.3. The van der Waals surface area contributed by atoms with Crippen LogP contribution in [0.2, 0.25) is 0 Å². The first-order valence-corrected chi connectivity index (χ1v) is 7.19.